The molecule has 19 rings (SSSR count). The van der Waals surface area contributed by atoms with Gasteiger partial charge in [-0.05, 0) is 105 Å². The topological polar surface area (TPSA) is 31.6 Å². The number of para-hydroxylation sites is 6. The quantitative estimate of drug-likeness (QED) is 0.173. The van der Waals surface area contributed by atoms with Gasteiger partial charge in [-0.3, -0.25) is 4.40 Å². The van der Waals surface area contributed by atoms with Gasteiger partial charge in [0.25, 0.3) is 0 Å². The maximum atomic E-state index is 5.73. The van der Waals surface area contributed by atoms with E-state index >= 15 is 0 Å². The second-order valence-corrected chi connectivity index (χ2v) is 21.4. The summed E-state index contributed by atoms with van der Waals surface area (Å²) in [4.78, 5) is 5.73. The third kappa shape index (κ3) is 5.04. The molecule has 0 aliphatic rings. The van der Waals surface area contributed by atoms with Crippen molar-refractivity contribution < 1.29 is 0 Å². The fourth-order valence-corrected chi connectivity index (χ4v) is 14.5. The standard InChI is InChI=1S/C73H41N5/c1-3-19-46(20-4-1)75-60-31-13-11-25-51(60)57-38-44(33-35-62(57)75)50-27-15-28-53-54-29-16-30-55-65-64(77(69(50)53)70(54)55)41-74-73-68(65)59-40-43-18-8-10-24-49(43)67-66-48-23-9-7-17-42(48)37-56(71(66)78(73)72(59)67)45-34-36-63-58(39-45)52-26-12-14-32-61(52)76(63)47-21-5-2-6-22-47/h1-41H. The fourth-order valence-electron chi connectivity index (χ4n) is 14.5. The number of fused-ring (bicyclic) bond motifs is 23. The molecule has 0 aliphatic carbocycles. The highest BCUT2D eigenvalue weighted by atomic mass is 15.0. The first-order valence-electron chi connectivity index (χ1n) is 27.0. The van der Waals surface area contributed by atoms with E-state index in [9.17, 15) is 0 Å². The molecule has 0 saturated heterocycles. The van der Waals surface area contributed by atoms with Crippen molar-refractivity contribution in [2.45, 2.75) is 0 Å². The Morgan fingerprint density at radius 3 is 1.41 bits per heavy atom. The van der Waals surface area contributed by atoms with Gasteiger partial charge in [0, 0.05) is 87.1 Å². The molecule has 5 nitrogen and oxygen atoms in total. The lowest BCUT2D eigenvalue weighted by Crippen LogP contribution is -1.93. The van der Waals surface area contributed by atoms with Crippen molar-refractivity contribution in [1.29, 1.82) is 0 Å². The summed E-state index contributed by atoms with van der Waals surface area (Å²) in [5, 5.41) is 19.8. The average molecular weight is 988 g/mol. The molecule has 7 aromatic heterocycles. The fraction of sp³-hybridized carbons (Fsp3) is 0. The number of aromatic nitrogens is 5. The molecule has 0 bridgehead atoms. The minimum absolute atomic E-state index is 0.977. The first-order chi connectivity index (χ1) is 38.7. The molecule has 7 heterocycles. The minimum Gasteiger partial charge on any atom is -0.309 e. The van der Waals surface area contributed by atoms with Crippen molar-refractivity contribution in [2.24, 2.45) is 0 Å². The Balaban J connectivity index is 0.932. The highest BCUT2D eigenvalue weighted by Gasteiger charge is 2.29. The smallest absolute Gasteiger partial charge is 0.146 e. The predicted molar refractivity (Wildman–Crippen MR) is 328 cm³/mol. The van der Waals surface area contributed by atoms with Gasteiger partial charge in [-0.25, -0.2) is 4.98 Å². The van der Waals surface area contributed by atoms with Gasteiger partial charge in [0.1, 0.15) is 5.65 Å². The molecule has 0 atom stereocenters. The second kappa shape index (κ2) is 14.7. The van der Waals surface area contributed by atoms with Crippen LogP contribution in [0.3, 0.4) is 0 Å². The molecule has 0 N–H and O–H groups in total. The van der Waals surface area contributed by atoms with E-state index in [2.05, 4.69) is 267 Å². The number of benzene rings is 12. The molecule has 0 aliphatic heterocycles. The molecule has 5 heteroatoms. The Morgan fingerprint density at radius 1 is 0.256 bits per heavy atom. The van der Waals surface area contributed by atoms with Crippen LogP contribution in [0, 0.1) is 0 Å². The largest absolute Gasteiger partial charge is 0.309 e. The van der Waals surface area contributed by atoms with Crippen LogP contribution < -0.4 is 0 Å². The van der Waals surface area contributed by atoms with Gasteiger partial charge in [0.15, 0.2) is 0 Å². The Bertz CT molecular complexity index is 5790. The summed E-state index contributed by atoms with van der Waals surface area (Å²) < 4.78 is 9.88. The number of hydrogen-bond acceptors (Lipinski definition) is 1. The summed E-state index contributed by atoms with van der Waals surface area (Å²) in [5.41, 5.74) is 18.8. The van der Waals surface area contributed by atoms with Crippen LogP contribution in [0.15, 0.2) is 249 Å². The van der Waals surface area contributed by atoms with E-state index < -0.39 is 0 Å². The number of pyridine rings is 1. The minimum atomic E-state index is 0.977. The first-order valence-corrected chi connectivity index (χ1v) is 27.0. The molecule has 0 amide bonds. The summed E-state index contributed by atoms with van der Waals surface area (Å²) >= 11 is 0. The van der Waals surface area contributed by atoms with Gasteiger partial charge >= 0.3 is 0 Å². The lowest BCUT2D eigenvalue weighted by molar-refractivity contribution is 1.18. The van der Waals surface area contributed by atoms with Crippen LogP contribution >= 0.6 is 0 Å². The lowest BCUT2D eigenvalue weighted by Gasteiger charge is -2.12. The highest BCUT2D eigenvalue weighted by Crippen LogP contribution is 2.52. The van der Waals surface area contributed by atoms with Crippen molar-refractivity contribution in [3.8, 4) is 33.6 Å². The zero-order chi connectivity index (χ0) is 50.5. The Labute approximate surface area is 444 Å². The maximum absolute atomic E-state index is 5.73. The van der Waals surface area contributed by atoms with Crippen molar-refractivity contribution in [3.05, 3.63) is 249 Å². The molecular formula is C73H41N5. The van der Waals surface area contributed by atoms with E-state index in [4.69, 9.17) is 4.98 Å². The summed E-state index contributed by atoms with van der Waals surface area (Å²) in [5.74, 6) is 0. The van der Waals surface area contributed by atoms with Gasteiger partial charge < -0.3 is 13.5 Å². The van der Waals surface area contributed by atoms with Crippen LogP contribution in [0.2, 0.25) is 0 Å². The van der Waals surface area contributed by atoms with Crippen molar-refractivity contribution in [3.63, 3.8) is 0 Å². The predicted octanol–water partition coefficient (Wildman–Crippen LogP) is 19.2. The van der Waals surface area contributed by atoms with Gasteiger partial charge in [-0.15, -0.1) is 0 Å². The van der Waals surface area contributed by atoms with E-state index in [0.717, 1.165) is 22.5 Å². The summed E-state index contributed by atoms with van der Waals surface area (Å²) in [7, 11) is 0. The summed E-state index contributed by atoms with van der Waals surface area (Å²) in [6.07, 6.45) is 2.18. The van der Waals surface area contributed by atoms with Crippen LogP contribution in [-0.4, -0.2) is 22.9 Å². The monoisotopic (exact) mass is 987 g/mol. The molecule has 12 aromatic carbocycles. The third-order valence-corrected chi connectivity index (χ3v) is 17.6. The molecule has 0 fully saturated rings. The average Bonchev–Trinajstić information content (AvgIpc) is 3.64. The van der Waals surface area contributed by atoms with Crippen molar-refractivity contribution >= 4 is 141 Å². The Hall–Kier alpha value is -10.5. The van der Waals surface area contributed by atoms with Crippen molar-refractivity contribution in [1.82, 2.24) is 22.9 Å². The van der Waals surface area contributed by atoms with Crippen LogP contribution in [-0.2, 0) is 0 Å². The van der Waals surface area contributed by atoms with Crippen LogP contribution in [0.25, 0.3) is 175 Å². The van der Waals surface area contributed by atoms with Gasteiger partial charge in [-0.2, -0.15) is 0 Å². The zero-order valence-electron chi connectivity index (χ0n) is 41.9. The number of hydrogen-bond donors (Lipinski definition) is 0. The molecular weight excluding hydrogens is 947 g/mol. The van der Waals surface area contributed by atoms with Crippen molar-refractivity contribution in [2.75, 3.05) is 0 Å². The van der Waals surface area contributed by atoms with E-state index in [1.54, 1.807) is 0 Å². The normalized spacial score (nSPS) is 12.6. The Kier molecular flexibility index (Phi) is 7.68. The van der Waals surface area contributed by atoms with Crippen LogP contribution in [0.4, 0.5) is 0 Å². The highest BCUT2D eigenvalue weighted by molar-refractivity contribution is 6.41. The SMILES string of the molecule is c1ccc(-n2c3ccccc3c3cc(-c4cccc5c6cccc7c8c9c%10cc%11ccccc%11c%11c%12c%13ccccc%13cc(-c%13ccc%14c(c%13)c%13ccccc%13n%14-c%13ccccc%13)c%12n(c9ncc8n(c45)c67)c%10%11)ccc32)cc1. The van der Waals surface area contributed by atoms with E-state index in [0.29, 0.717) is 0 Å². The molecule has 358 valence electrons. The molecule has 0 radical (unpaired) electrons. The van der Waals surface area contributed by atoms with Gasteiger partial charge in [-0.1, -0.05) is 170 Å². The molecule has 0 saturated carbocycles. The second-order valence-electron chi connectivity index (χ2n) is 21.4. The zero-order valence-corrected chi connectivity index (χ0v) is 41.9. The summed E-state index contributed by atoms with van der Waals surface area (Å²) in [6, 6.07) is 89.9. The Morgan fingerprint density at radius 2 is 0.756 bits per heavy atom. The van der Waals surface area contributed by atoms with E-state index in [1.807, 2.05) is 0 Å². The molecule has 19 aromatic rings. The van der Waals surface area contributed by atoms with Crippen LogP contribution in [0.5, 0.6) is 0 Å². The first kappa shape index (κ1) is 40.8. The van der Waals surface area contributed by atoms with Gasteiger partial charge in [0.2, 0.25) is 0 Å². The van der Waals surface area contributed by atoms with E-state index in [1.165, 1.54) is 153 Å². The van der Waals surface area contributed by atoms with Crippen LogP contribution in [0.1, 0.15) is 0 Å². The molecule has 0 unspecified atom stereocenters. The molecule has 0 spiro atoms. The van der Waals surface area contributed by atoms with E-state index in [-0.39, 0.29) is 0 Å². The molecule has 78 heavy (non-hydrogen) atoms. The number of nitrogens with zero attached hydrogens (tertiary/aromatic N) is 5. The third-order valence-electron chi connectivity index (χ3n) is 17.6. The summed E-state index contributed by atoms with van der Waals surface area (Å²) in [6.45, 7) is 0. The lowest BCUT2D eigenvalue weighted by atomic mass is 9.93. The maximum Gasteiger partial charge on any atom is 0.146 e. The van der Waals surface area contributed by atoms with Gasteiger partial charge in [0.05, 0.1) is 55.8 Å². The number of rotatable bonds is 4.